The fourth-order valence-electron chi connectivity index (χ4n) is 1.46. The summed E-state index contributed by atoms with van der Waals surface area (Å²) in [5.41, 5.74) is 0.736. The molecule has 0 aliphatic carbocycles. The lowest BCUT2D eigenvalue weighted by Crippen LogP contribution is -2.03. The summed E-state index contributed by atoms with van der Waals surface area (Å²) in [4.78, 5) is 8.75. The molecule has 2 aromatic rings. The Morgan fingerprint density at radius 2 is 2.11 bits per heavy atom. The van der Waals surface area contributed by atoms with Crippen LogP contribution in [0.15, 0.2) is 24.4 Å². The number of nitrogens with zero attached hydrogens (tertiary/aromatic N) is 2. The third-order valence-electron chi connectivity index (χ3n) is 2.28. The van der Waals surface area contributed by atoms with E-state index in [-0.39, 0.29) is 0 Å². The first-order chi connectivity index (χ1) is 8.63. The molecule has 1 N–H and O–H groups in total. The van der Waals surface area contributed by atoms with Gasteiger partial charge in [-0.05, 0) is 41.6 Å². The van der Waals surface area contributed by atoms with Gasteiger partial charge in [0.15, 0.2) is 5.82 Å². The van der Waals surface area contributed by atoms with Gasteiger partial charge in [-0.3, -0.25) is 0 Å². The molecule has 0 radical (unpaired) electrons. The lowest BCUT2D eigenvalue weighted by atomic mass is 10.2. The smallest absolute Gasteiger partial charge is 0.163 e. The molecule has 18 heavy (non-hydrogen) atoms. The molecule has 0 bridgehead atoms. The molecule has 94 valence electrons. The summed E-state index contributed by atoms with van der Waals surface area (Å²) in [5, 5.41) is 4.16. The minimum atomic E-state index is 0.475. The molecule has 0 aliphatic heterocycles. The van der Waals surface area contributed by atoms with Crippen molar-refractivity contribution in [3.8, 4) is 11.4 Å². The molecule has 6 heteroatoms. The highest BCUT2D eigenvalue weighted by molar-refractivity contribution is 14.1. The van der Waals surface area contributed by atoms with Gasteiger partial charge in [0, 0.05) is 18.3 Å². The zero-order valence-corrected chi connectivity index (χ0v) is 13.2. The molecule has 0 atom stereocenters. The number of halogens is 3. The molecule has 1 aromatic carbocycles. The van der Waals surface area contributed by atoms with Gasteiger partial charge in [-0.1, -0.05) is 29.3 Å². The number of hydrogen-bond acceptors (Lipinski definition) is 3. The van der Waals surface area contributed by atoms with Crippen LogP contribution in [0.2, 0.25) is 10.0 Å². The first-order valence-corrected chi connectivity index (χ1v) is 7.17. The molecule has 0 fully saturated rings. The molecule has 1 heterocycles. The quantitative estimate of drug-likeness (QED) is 0.781. The zero-order valence-electron chi connectivity index (χ0n) is 9.54. The van der Waals surface area contributed by atoms with E-state index < -0.39 is 0 Å². The fraction of sp³-hybridized carbons (Fsp3) is 0.167. The molecule has 1 aromatic heterocycles. The van der Waals surface area contributed by atoms with Crippen LogP contribution in [-0.2, 0) is 0 Å². The Morgan fingerprint density at radius 1 is 1.33 bits per heavy atom. The van der Waals surface area contributed by atoms with E-state index in [2.05, 4.69) is 37.9 Å². The average Bonchev–Trinajstić information content (AvgIpc) is 2.36. The topological polar surface area (TPSA) is 37.8 Å². The molecule has 3 nitrogen and oxygen atoms in total. The second-order valence-corrected chi connectivity index (χ2v) is 5.47. The minimum Gasteiger partial charge on any atom is -0.369 e. The first-order valence-electron chi connectivity index (χ1n) is 5.34. The predicted octanol–water partition coefficient (Wildman–Crippen LogP) is 4.49. The highest BCUT2D eigenvalue weighted by Gasteiger charge is 2.11. The standard InChI is InChI=1S/C12H10Cl2IN3/c1-2-16-12-9(15)6-17-11(18-12)7-4-3-5-8(13)10(7)14/h3-6H,2H2,1H3,(H,16,17,18). The predicted molar refractivity (Wildman–Crippen MR) is 84.4 cm³/mol. The lowest BCUT2D eigenvalue weighted by Gasteiger charge is -2.08. The number of aromatic nitrogens is 2. The Balaban J connectivity index is 2.51. The maximum Gasteiger partial charge on any atom is 0.163 e. The van der Waals surface area contributed by atoms with Gasteiger partial charge >= 0.3 is 0 Å². The normalized spacial score (nSPS) is 10.4. The molecular weight excluding hydrogens is 384 g/mol. The van der Waals surface area contributed by atoms with Crippen molar-refractivity contribution in [1.82, 2.24) is 9.97 Å². The number of nitrogens with one attached hydrogen (secondary N) is 1. The minimum absolute atomic E-state index is 0.475. The summed E-state index contributed by atoms with van der Waals surface area (Å²) < 4.78 is 0.969. The van der Waals surface area contributed by atoms with E-state index in [4.69, 9.17) is 23.2 Å². The number of hydrogen-bond donors (Lipinski definition) is 1. The summed E-state index contributed by atoms with van der Waals surface area (Å²) in [5.74, 6) is 1.37. The number of benzene rings is 1. The Labute approximate surface area is 129 Å². The maximum atomic E-state index is 6.16. The molecule has 0 unspecified atom stereocenters. The second-order valence-electron chi connectivity index (χ2n) is 3.52. The monoisotopic (exact) mass is 393 g/mol. The van der Waals surface area contributed by atoms with Crippen LogP contribution in [0.25, 0.3) is 11.4 Å². The molecule has 0 aliphatic rings. The van der Waals surface area contributed by atoms with E-state index >= 15 is 0 Å². The Bertz CT molecular complexity index is 575. The van der Waals surface area contributed by atoms with Crippen molar-refractivity contribution >= 4 is 51.6 Å². The van der Waals surface area contributed by atoms with Crippen LogP contribution in [0.4, 0.5) is 5.82 Å². The van der Waals surface area contributed by atoms with Crippen LogP contribution in [-0.4, -0.2) is 16.5 Å². The zero-order chi connectivity index (χ0) is 13.1. The fourth-order valence-corrected chi connectivity index (χ4v) is 2.30. The summed E-state index contributed by atoms with van der Waals surface area (Å²) >= 11 is 14.3. The largest absolute Gasteiger partial charge is 0.369 e. The summed E-state index contributed by atoms with van der Waals surface area (Å²) in [6.07, 6.45) is 1.76. The van der Waals surface area contributed by atoms with Crippen molar-refractivity contribution in [2.24, 2.45) is 0 Å². The van der Waals surface area contributed by atoms with E-state index in [1.807, 2.05) is 19.1 Å². The van der Waals surface area contributed by atoms with Gasteiger partial charge in [0.1, 0.15) is 5.82 Å². The van der Waals surface area contributed by atoms with Crippen LogP contribution >= 0.6 is 45.8 Å². The van der Waals surface area contributed by atoms with E-state index in [0.717, 1.165) is 21.5 Å². The third kappa shape index (κ3) is 2.87. The van der Waals surface area contributed by atoms with E-state index in [1.165, 1.54) is 0 Å². The molecular formula is C12H10Cl2IN3. The van der Waals surface area contributed by atoms with Crippen molar-refractivity contribution in [2.45, 2.75) is 6.92 Å². The van der Waals surface area contributed by atoms with Crippen LogP contribution in [0.3, 0.4) is 0 Å². The highest BCUT2D eigenvalue weighted by atomic mass is 127. The summed E-state index contributed by atoms with van der Waals surface area (Å²) in [7, 11) is 0. The highest BCUT2D eigenvalue weighted by Crippen LogP contribution is 2.32. The Kier molecular flexibility index (Phi) is 4.64. The number of anilines is 1. The van der Waals surface area contributed by atoms with Crippen LogP contribution in [0, 0.1) is 3.57 Å². The van der Waals surface area contributed by atoms with Gasteiger partial charge in [0.2, 0.25) is 0 Å². The summed E-state index contributed by atoms with van der Waals surface area (Å²) in [6, 6.07) is 5.43. The SMILES string of the molecule is CCNc1nc(-c2cccc(Cl)c2Cl)ncc1I. The van der Waals surface area contributed by atoms with Crippen molar-refractivity contribution in [2.75, 3.05) is 11.9 Å². The lowest BCUT2D eigenvalue weighted by molar-refractivity contribution is 1.10. The van der Waals surface area contributed by atoms with Crippen molar-refractivity contribution < 1.29 is 0 Å². The third-order valence-corrected chi connectivity index (χ3v) is 3.89. The van der Waals surface area contributed by atoms with Gasteiger partial charge in [0.05, 0.1) is 13.6 Å². The van der Waals surface area contributed by atoms with Crippen molar-refractivity contribution in [1.29, 1.82) is 0 Å². The van der Waals surface area contributed by atoms with Gasteiger partial charge in [-0.15, -0.1) is 0 Å². The van der Waals surface area contributed by atoms with Gasteiger partial charge in [-0.25, -0.2) is 9.97 Å². The van der Waals surface area contributed by atoms with Gasteiger partial charge in [-0.2, -0.15) is 0 Å². The van der Waals surface area contributed by atoms with E-state index in [0.29, 0.717) is 15.9 Å². The maximum absolute atomic E-state index is 6.16. The van der Waals surface area contributed by atoms with Crippen LogP contribution < -0.4 is 5.32 Å². The van der Waals surface area contributed by atoms with Crippen LogP contribution in [0.1, 0.15) is 6.92 Å². The molecule has 2 rings (SSSR count). The first kappa shape index (κ1) is 13.8. The second kappa shape index (κ2) is 6.04. The molecule has 0 saturated heterocycles. The molecule has 0 spiro atoms. The van der Waals surface area contributed by atoms with Crippen molar-refractivity contribution in [3.05, 3.63) is 38.0 Å². The van der Waals surface area contributed by atoms with Gasteiger partial charge in [0.25, 0.3) is 0 Å². The number of rotatable bonds is 3. The van der Waals surface area contributed by atoms with Crippen LogP contribution in [0.5, 0.6) is 0 Å². The average molecular weight is 394 g/mol. The Hall–Kier alpha value is -0.590. The van der Waals surface area contributed by atoms with Gasteiger partial charge < -0.3 is 5.32 Å². The van der Waals surface area contributed by atoms with E-state index in [9.17, 15) is 0 Å². The summed E-state index contributed by atoms with van der Waals surface area (Å²) in [6.45, 7) is 2.82. The van der Waals surface area contributed by atoms with E-state index in [1.54, 1.807) is 12.3 Å². The van der Waals surface area contributed by atoms with Crippen molar-refractivity contribution in [3.63, 3.8) is 0 Å². The Morgan fingerprint density at radius 3 is 2.83 bits per heavy atom. The molecule has 0 amide bonds. The molecule has 0 saturated carbocycles.